The van der Waals surface area contributed by atoms with Gasteiger partial charge in [0.15, 0.2) is 0 Å². The van der Waals surface area contributed by atoms with Crippen molar-refractivity contribution < 1.29 is 13.2 Å². The molecule has 6 heteroatoms. The Kier molecular flexibility index (Phi) is 6.03. The molecule has 5 nitrogen and oxygen atoms in total. The number of hydrogen-bond donors (Lipinski definition) is 1. The smallest absolute Gasteiger partial charge is 0.244 e. The molecule has 0 fully saturated rings. The Bertz CT molecular complexity index is 1030. The molecule has 0 aromatic heterocycles. The first-order chi connectivity index (χ1) is 13.6. The molecule has 1 N–H and O–H groups in total. The lowest BCUT2D eigenvalue weighted by Gasteiger charge is -2.30. The topological polar surface area (TPSA) is 66.5 Å². The van der Waals surface area contributed by atoms with Gasteiger partial charge in [-0.3, -0.25) is 9.10 Å². The summed E-state index contributed by atoms with van der Waals surface area (Å²) in [5, 5.41) is 3.00. The molecule has 0 saturated carbocycles. The summed E-state index contributed by atoms with van der Waals surface area (Å²) in [6.07, 6.45) is 4.51. The molecule has 2 atom stereocenters. The zero-order valence-corrected chi connectivity index (χ0v) is 18.6. The van der Waals surface area contributed by atoms with Crippen LogP contribution < -0.4 is 9.62 Å². The van der Waals surface area contributed by atoms with Crippen LogP contribution in [0.25, 0.3) is 0 Å². The van der Waals surface area contributed by atoms with Gasteiger partial charge in [-0.15, -0.1) is 0 Å². The van der Waals surface area contributed by atoms with Crippen molar-refractivity contribution in [1.29, 1.82) is 0 Å². The number of fused-ring (bicyclic) bond motifs is 1. The molecular formula is C23H30N2O3S. The van der Waals surface area contributed by atoms with Crippen LogP contribution in [0, 0.1) is 13.8 Å². The standard InChI is InChI=1S/C23H30N2O3S/c1-15-9-10-16(2)22(13-15)25(29(5,27)28)18(4)23(26)24-17(3)20-12-11-19-7-6-8-21(19)14-20/h9-14,17-18H,6-8H2,1-5H3,(H,24,26)/t17-,18-/m1/s1. The highest BCUT2D eigenvalue weighted by atomic mass is 32.2. The van der Waals surface area contributed by atoms with Crippen molar-refractivity contribution in [3.8, 4) is 0 Å². The Morgan fingerprint density at radius 2 is 1.72 bits per heavy atom. The van der Waals surface area contributed by atoms with Gasteiger partial charge in [0.25, 0.3) is 0 Å². The molecule has 0 saturated heterocycles. The van der Waals surface area contributed by atoms with Gasteiger partial charge in [0.2, 0.25) is 15.9 Å². The summed E-state index contributed by atoms with van der Waals surface area (Å²) < 4.78 is 26.4. The van der Waals surface area contributed by atoms with Crippen LogP contribution in [0.5, 0.6) is 0 Å². The predicted molar refractivity (Wildman–Crippen MR) is 118 cm³/mol. The Morgan fingerprint density at radius 1 is 1.03 bits per heavy atom. The minimum atomic E-state index is -3.64. The van der Waals surface area contributed by atoms with E-state index in [0.717, 1.165) is 35.8 Å². The van der Waals surface area contributed by atoms with Gasteiger partial charge in [0.05, 0.1) is 18.0 Å². The molecule has 0 bridgehead atoms. The maximum absolute atomic E-state index is 13.0. The molecule has 1 aliphatic rings. The highest BCUT2D eigenvalue weighted by Crippen LogP contribution is 2.28. The minimum absolute atomic E-state index is 0.198. The Labute approximate surface area is 174 Å². The van der Waals surface area contributed by atoms with Gasteiger partial charge in [-0.05, 0) is 80.8 Å². The van der Waals surface area contributed by atoms with Crippen LogP contribution in [0.3, 0.4) is 0 Å². The fourth-order valence-corrected chi connectivity index (χ4v) is 5.24. The molecule has 1 aliphatic carbocycles. The second-order valence-electron chi connectivity index (χ2n) is 8.14. The van der Waals surface area contributed by atoms with Crippen molar-refractivity contribution in [2.45, 2.75) is 59.0 Å². The van der Waals surface area contributed by atoms with E-state index in [1.807, 2.05) is 39.0 Å². The summed E-state index contributed by atoms with van der Waals surface area (Å²) in [4.78, 5) is 13.0. The number of rotatable bonds is 6. The Morgan fingerprint density at radius 3 is 2.41 bits per heavy atom. The van der Waals surface area contributed by atoms with Crippen LogP contribution in [0.2, 0.25) is 0 Å². The zero-order valence-electron chi connectivity index (χ0n) is 17.8. The zero-order chi connectivity index (χ0) is 21.3. The number of carbonyl (C=O) groups excluding carboxylic acids is 1. The quantitative estimate of drug-likeness (QED) is 0.781. The monoisotopic (exact) mass is 414 g/mol. The molecule has 1 amide bonds. The van der Waals surface area contributed by atoms with E-state index in [2.05, 4.69) is 23.5 Å². The lowest BCUT2D eigenvalue weighted by Crippen LogP contribution is -2.48. The third-order valence-corrected chi connectivity index (χ3v) is 6.90. The van der Waals surface area contributed by atoms with Gasteiger partial charge in [0.1, 0.15) is 6.04 Å². The molecule has 0 heterocycles. The number of hydrogen-bond acceptors (Lipinski definition) is 3. The van der Waals surface area contributed by atoms with Crippen molar-refractivity contribution in [2.75, 3.05) is 10.6 Å². The molecular weight excluding hydrogens is 384 g/mol. The van der Waals surface area contributed by atoms with Crippen LogP contribution >= 0.6 is 0 Å². The van der Waals surface area contributed by atoms with Gasteiger partial charge in [-0.1, -0.05) is 30.3 Å². The van der Waals surface area contributed by atoms with Gasteiger partial charge in [-0.25, -0.2) is 8.42 Å². The van der Waals surface area contributed by atoms with Crippen molar-refractivity contribution in [1.82, 2.24) is 5.32 Å². The summed E-state index contributed by atoms with van der Waals surface area (Å²) in [5.41, 5.74) is 6.08. The average Bonchev–Trinajstić information content (AvgIpc) is 3.11. The maximum Gasteiger partial charge on any atom is 0.244 e. The number of nitrogens with zero attached hydrogens (tertiary/aromatic N) is 1. The largest absolute Gasteiger partial charge is 0.348 e. The van der Waals surface area contributed by atoms with E-state index in [9.17, 15) is 13.2 Å². The van der Waals surface area contributed by atoms with E-state index in [-0.39, 0.29) is 11.9 Å². The summed E-state index contributed by atoms with van der Waals surface area (Å²) in [7, 11) is -3.64. The first kappa shape index (κ1) is 21.4. The number of anilines is 1. The van der Waals surface area contributed by atoms with Crippen molar-refractivity contribution in [2.24, 2.45) is 0 Å². The average molecular weight is 415 g/mol. The Balaban J connectivity index is 1.83. The second-order valence-corrected chi connectivity index (χ2v) is 10.00. The number of aryl methyl sites for hydroxylation is 4. The molecule has 0 unspecified atom stereocenters. The van der Waals surface area contributed by atoms with Crippen LogP contribution in [-0.4, -0.2) is 26.6 Å². The maximum atomic E-state index is 13.0. The highest BCUT2D eigenvalue weighted by Gasteiger charge is 2.31. The Hall–Kier alpha value is -2.34. The molecule has 3 rings (SSSR count). The van der Waals surface area contributed by atoms with Crippen LogP contribution in [0.4, 0.5) is 5.69 Å². The molecule has 0 aliphatic heterocycles. The predicted octanol–water partition coefficient (Wildman–Crippen LogP) is 3.82. The SMILES string of the molecule is Cc1ccc(C)c(N([C@H](C)C(=O)N[C@H](C)c2ccc3c(c2)CCC3)S(C)(=O)=O)c1. The molecule has 0 radical (unpaired) electrons. The fraction of sp³-hybridized carbons (Fsp3) is 0.435. The highest BCUT2D eigenvalue weighted by molar-refractivity contribution is 7.92. The van der Waals surface area contributed by atoms with Crippen molar-refractivity contribution in [3.05, 3.63) is 64.2 Å². The van der Waals surface area contributed by atoms with Gasteiger partial charge < -0.3 is 5.32 Å². The number of carbonyl (C=O) groups is 1. The van der Waals surface area contributed by atoms with E-state index in [4.69, 9.17) is 0 Å². The third-order valence-electron chi connectivity index (χ3n) is 5.67. The van der Waals surface area contributed by atoms with Crippen LogP contribution in [0.15, 0.2) is 36.4 Å². The van der Waals surface area contributed by atoms with E-state index in [1.165, 1.54) is 21.9 Å². The summed E-state index contributed by atoms with van der Waals surface area (Å²) in [6.45, 7) is 7.33. The number of benzene rings is 2. The molecule has 0 spiro atoms. The van der Waals surface area contributed by atoms with Gasteiger partial charge in [-0.2, -0.15) is 0 Å². The van der Waals surface area contributed by atoms with Gasteiger partial charge in [0, 0.05) is 0 Å². The number of nitrogens with one attached hydrogen (secondary N) is 1. The van der Waals surface area contributed by atoms with E-state index < -0.39 is 16.1 Å². The van der Waals surface area contributed by atoms with Crippen molar-refractivity contribution >= 4 is 21.6 Å². The summed E-state index contributed by atoms with van der Waals surface area (Å²) in [5.74, 6) is -0.315. The molecule has 156 valence electrons. The minimum Gasteiger partial charge on any atom is -0.348 e. The fourth-order valence-electron chi connectivity index (χ4n) is 4.02. The molecule has 2 aromatic carbocycles. The van der Waals surface area contributed by atoms with Crippen LogP contribution in [0.1, 0.15) is 54.1 Å². The van der Waals surface area contributed by atoms with E-state index in [0.29, 0.717) is 5.69 Å². The lowest BCUT2D eigenvalue weighted by atomic mass is 10.0. The second kappa shape index (κ2) is 8.19. The number of amides is 1. The molecule has 29 heavy (non-hydrogen) atoms. The first-order valence-electron chi connectivity index (χ1n) is 10.1. The summed E-state index contributed by atoms with van der Waals surface area (Å²) in [6, 6.07) is 10.9. The summed E-state index contributed by atoms with van der Waals surface area (Å²) >= 11 is 0. The van der Waals surface area contributed by atoms with Gasteiger partial charge >= 0.3 is 0 Å². The van der Waals surface area contributed by atoms with E-state index in [1.54, 1.807) is 6.92 Å². The van der Waals surface area contributed by atoms with Crippen LogP contribution in [-0.2, 0) is 27.7 Å². The third kappa shape index (κ3) is 4.64. The van der Waals surface area contributed by atoms with E-state index >= 15 is 0 Å². The van der Waals surface area contributed by atoms with Crippen molar-refractivity contribution in [3.63, 3.8) is 0 Å². The molecule has 2 aromatic rings. The number of sulfonamides is 1. The lowest BCUT2D eigenvalue weighted by molar-refractivity contribution is -0.122. The normalized spacial score (nSPS) is 15.5. The first-order valence-corrected chi connectivity index (χ1v) is 11.9.